The summed E-state index contributed by atoms with van der Waals surface area (Å²) in [4.78, 5) is 45.3. The molecule has 0 saturated carbocycles. The molecule has 10 atom stereocenters. The maximum Gasteiger partial charge on any atom is 0.481 e. The van der Waals surface area contributed by atoms with E-state index in [1.165, 1.54) is 51.7 Å². The van der Waals surface area contributed by atoms with Gasteiger partial charge in [-0.05, 0) is 18.2 Å². The van der Waals surface area contributed by atoms with E-state index in [-0.39, 0.29) is 27.7 Å². The molecule has 2 aliphatic rings. The van der Waals surface area contributed by atoms with Gasteiger partial charge in [-0.1, -0.05) is 30.0 Å². The van der Waals surface area contributed by atoms with Gasteiger partial charge in [-0.3, -0.25) is 18.4 Å². The maximum atomic E-state index is 12.7. The van der Waals surface area contributed by atoms with Crippen LogP contribution in [0.4, 0.5) is 5.82 Å². The van der Waals surface area contributed by atoms with Gasteiger partial charge in [0.15, 0.2) is 46.9 Å². The lowest BCUT2D eigenvalue weighted by molar-refractivity contribution is -0.765. The van der Waals surface area contributed by atoms with E-state index < -0.39 is 83.8 Å². The van der Waals surface area contributed by atoms with Gasteiger partial charge in [-0.25, -0.2) is 24.1 Å². The van der Waals surface area contributed by atoms with Crippen molar-refractivity contribution in [3.63, 3.8) is 0 Å². The Kier molecular flexibility index (Phi) is 10.9. The Morgan fingerprint density at radius 2 is 1.57 bits per heavy atom. The van der Waals surface area contributed by atoms with Crippen molar-refractivity contribution in [3.05, 3.63) is 66.7 Å². The summed E-state index contributed by atoms with van der Waals surface area (Å²) in [6.07, 6.45) is -8.34. The number of imidazole rings is 1. The molecule has 0 spiro atoms. The number of carbonyl (C=O) groups excluding carboxylic acids is 1. The molecule has 0 aliphatic carbocycles. The summed E-state index contributed by atoms with van der Waals surface area (Å²) in [7, 11) is -10.8. The lowest BCUT2D eigenvalue weighted by Crippen LogP contribution is -2.46. The Hall–Kier alpha value is -3.44. The summed E-state index contributed by atoms with van der Waals surface area (Å²) >= 11 is 1.17. The molecule has 2 unspecified atom stereocenters. The molecule has 4 aromatic rings. The van der Waals surface area contributed by atoms with E-state index in [0.29, 0.717) is 0 Å². The van der Waals surface area contributed by atoms with Crippen molar-refractivity contribution in [2.24, 2.45) is 5.73 Å². The van der Waals surface area contributed by atoms with Crippen molar-refractivity contribution in [1.29, 1.82) is 0 Å². The molecule has 0 radical (unpaired) electrons. The summed E-state index contributed by atoms with van der Waals surface area (Å²) in [5.41, 5.74) is 11.7. The van der Waals surface area contributed by atoms with Gasteiger partial charge in [0.2, 0.25) is 0 Å². The third-order valence-corrected chi connectivity index (χ3v) is 11.3. The van der Waals surface area contributed by atoms with Crippen LogP contribution in [0.15, 0.2) is 71.2 Å². The fraction of sp³-hybridized carbons (Fsp3) is 0.370. The number of fused-ring (bicyclic) bond motifs is 1. The highest BCUT2D eigenvalue weighted by molar-refractivity contribution is 7.99. The van der Waals surface area contributed by atoms with Crippen LogP contribution in [0.1, 0.15) is 22.8 Å². The highest BCUT2D eigenvalue weighted by Gasteiger charge is 2.50. The second-order valence-electron chi connectivity index (χ2n) is 11.2. The molecular weight excluding hydrogens is 740 g/mol. The molecule has 2 saturated heterocycles. The zero-order valence-corrected chi connectivity index (χ0v) is 28.6. The average Bonchev–Trinajstić information content (AvgIpc) is 3.69. The average molecular weight is 773 g/mol. The number of hydrogen-bond donors (Lipinski definition) is 8. The quantitative estimate of drug-likeness (QED) is 0.0605. The Morgan fingerprint density at radius 3 is 2.24 bits per heavy atom. The molecule has 3 aromatic heterocycles. The summed E-state index contributed by atoms with van der Waals surface area (Å²) in [5.74, 6) is -0.731. The first kappa shape index (κ1) is 37.3. The first-order valence-corrected chi connectivity index (χ1v) is 18.7. The molecule has 274 valence electrons. The van der Waals surface area contributed by atoms with Gasteiger partial charge in [-0.15, -0.1) is 0 Å². The number of carbonyl (C=O) groups is 1. The smallest absolute Gasteiger partial charge is 0.387 e. The van der Waals surface area contributed by atoms with E-state index in [1.807, 2.05) is 6.07 Å². The van der Waals surface area contributed by atoms with Crippen LogP contribution >= 0.6 is 27.4 Å². The Balaban J connectivity index is 1.08. The first-order chi connectivity index (χ1) is 24.1. The zero-order chi connectivity index (χ0) is 36.7. The normalized spacial score (nSPS) is 28.8. The molecule has 5 heterocycles. The SMILES string of the molecule is NC(=O)c1ccc[n+]([C@@H]2O[C@H](COP(=O)(O)OP(=O)(O)OC[C@H]3O[C@@H](n4c(Sc5ccccc5)nc5c(N)ncnc54)[C@H](O)[C@@H]3O)[C@@H](O)[C@H]2O)c1. The van der Waals surface area contributed by atoms with Gasteiger partial charge in [0, 0.05) is 11.0 Å². The second-order valence-corrected chi connectivity index (χ2v) is 15.3. The van der Waals surface area contributed by atoms with Crippen molar-refractivity contribution in [3.8, 4) is 0 Å². The van der Waals surface area contributed by atoms with Crippen molar-refractivity contribution < 1.29 is 71.5 Å². The number of rotatable bonds is 13. The number of phosphoric ester groups is 2. The number of benzene rings is 1. The number of aromatic nitrogens is 5. The molecule has 1 amide bonds. The van der Waals surface area contributed by atoms with Crippen molar-refractivity contribution in [1.82, 2.24) is 19.5 Å². The van der Waals surface area contributed by atoms with Gasteiger partial charge >= 0.3 is 15.6 Å². The highest BCUT2D eigenvalue weighted by Crippen LogP contribution is 2.60. The lowest BCUT2D eigenvalue weighted by atomic mass is 10.1. The van der Waals surface area contributed by atoms with Crippen LogP contribution in [0.5, 0.6) is 0 Å². The number of anilines is 1. The molecule has 10 N–H and O–H groups in total. The van der Waals surface area contributed by atoms with E-state index >= 15 is 0 Å². The topological polar surface area (TPSA) is 318 Å². The van der Waals surface area contributed by atoms with Gasteiger partial charge in [-0.2, -0.15) is 8.88 Å². The van der Waals surface area contributed by atoms with E-state index in [1.54, 1.807) is 24.3 Å². The van der Waals surface area contributed by atoms with Crippen LogP contribution in [0.2, 0.25) is 0 Å². The number of nitrogens with two attached hydrogens (primary N) is 2. The Morgan fingerprint density at radius 1 is 0.922 bits per heavy atom. The van der Waals surface area contributed by atoms with Gasteiger partial charge < -0.3 is 51.2 Å². The van der Waals surface area contributed by atoms with E-state index in [9.17, 15) is 44.1 Å². The predicted octanol–water partition coefficient (Wildman–Crippen LogP) is -0.865. The fourth-order valence-electron chi connectivity index (χ4n) is 5.30. The number of hydrogen-bond acceptors (Lipinski definition) is 17. The lowest BCUT2D eigenvalue weighted by Gasteiger charge is -2.20. The molecule has 51 heavy (non-hydrogen) atoms. The number of pyridine rings is 1. The number of nitrogens with zero attached hydrogens (tertiary/aromatic N) is 5. The molecule has 2 fully saturated rings. The highest BCUT2D eigenvalue weighted by atomic mass is 32.2. The third-order valence-electron chi connectivity index (χ3n) is 7.76. The molecule has 0 bridgehead atoms. The molecule has 24 heteroatoms. The largest absolute Gasteiger partial charge is 0.481 e. The fourth-order valence-corrected chi connectivity index (χ4v) is 8.33. The number of phosphoric acid groups is 2. The van der Waals surface area contributed by atoms with Crippen molar-refractivity contribution in [2.75, 3.05) is 18.9 Å². The number of aliphatic hydroxyl groups is 4. The summed E-state index contributed by atoms with van der Waals surface area (Å²) < 4.78 is 53.2. The van der Waals surface area contributed by atoms with Crippen LogP contribution in [0.25, 0.3) is 11.2 Å². The minimum Gasteiger partial charge on any atom is -0.387 e. The van der Waals surface area contributed by atoms with Crippen LogP contribution in [0, 0.1) is 0 Å². The minimum absolute atomic E-state index is 0.0366. The third kappa shape index (κ3) is 8.14. The van der Waals surface area contributed by atoms with Crippen molar-refractivity contribution in [2.45, 2.75) is 59.1 Å². The molecular formula is C27H32N7O14P2S+. The van der Waals surface area contributed by atoms with Gasteiger partial charge in [0.1, 0.15) is 42.4 Å². The minimum atomic E-state index is -5.43. The number of nitrogen functional groups attached to an aromatic ring is 1. The predicted molar refractivity (Wildman–Crippen MR) is 170 cm³/mol. The van der Waals surface area contributed by atoms with Gasteiger partial charge in [0.05, 0.1) is 13.2 Å². The standard InChI is InChI=1S/C27H31N7O14P2S/c28-22-17-24(31-12-30-22)34(27(32-17)51-14-6-2-1-3-7-14)26-21(38)19(36)16(47-26)11-45-50(42,43)48-49(40,41)44-10-15-18(35)20(37)25(46-15)33-8-4-5-13(9-33)23(29)39/h1-9,12,15-16,18-21,25-26,35-38H,10-11H2,(H5-,28,29,30,31,39,40,41,42,43)/p+1/t15-,16-,18-,19-,20-,21-,25-,26-/m1/s1. The number of aliphatic hydroxyl groups excluding tert-OH is 4. The Labute approximate surface area is 291 Å². The molecule has 21 nitrogen and oxygen atoms in total. The van der Waals surface area contributed by atoms with Crippen molar-refractivity contribution >= 4 is 50.3 Å². The van der Waals surface area contributed by atoms with E-state index in [2.05, 4.69) is 19.3 Å². The summed E-state index contributed by atoms with van der Waals surface area (Å²) in [6.45, 7) is -1.83. The first-order valence-electron chi connectivity index (χ1n) is 14.9. The number of amides is 1. The van der Waals surface area contributed by atoms with Gasteiger partial charge in [0.25, 0.3) is 12.1 Å². The summed E-state index contributed by atoms with van der Waals surface area (Å²) in [6, 6.07) is 11.9. The Bertz CT molecular complexity index is 2000. The monoisotopic (exact) mass is 772 g/mol. The molecule has 2 aliphatic heterocycles. The number of ether oxygens (including phenoxy) is 2. The van der Waals surface area contributed by atoms with Crippen LogP contribution in [-0.4, -0.2) is 105 Å². The van der Waals surface area contributed by atoms with E-state index in [0.717, 1.165) is 4.90 Å². The summed E-state index contributed by atoms with van der Waals surface area (Å²) in [5, 5.41) is 42.9. The van der Waals surface area contributed by atoms with Crippen LogP contribution < -0.4 is 16.0 Å². The van der Waals surface area contributed by atoms with Crippen LogP contribution in [-0.2, 0) is 32.0 Å². The van der Waals surface area contributed by atoms with Crippen LogP contribution in [0.3, 0.4) is 0 Å². The molecule has 6 rings (SSSR count). The zero-order valence-electron chi connectivity index (χ0n) is 25.9. The number of primary amides is 1. The second kappa shape index (κ2) is 14.9. The molecule has 1 aromatic carbocycles. The maximum absolute atomic E-state index is 12.7. The van der Waals surface area contributed by atoms with E-state index in [4.69, 9.17) is 30.0 Å².